The summed E-state index contributed by atoms with van der Waals surface area (Å²) >= 11 is 0. The summed E-state index contributed by atoms with van der Waals surface area (Å²) in [5.74, 6) is -3.91. The molecule has 162 valence electrons. The van der Waals surface area contributed by atoms with Crippen molar-refractivity contribution in [2.24, 2.45) is 5.92 Å². The van der Waals surface area contributed by atoms with Crippen LogP contribution in [-0.4, -0.2) is 29.0 Å². The molecule has 1 aliphatic carbocycles. The van der Waals surface area contributed by atoms with Crippen molar-refractivity contribution in [2.45, 2.75) is 39.5 Å². The SMILES string of the molecule is C/C=C/CNC(=O)CC1CC(=O)C(c2c(C)cc(-c3ncc(F)cc3F)cc2C)C1=O. The molecular weight excluding hydrogens is 402 g/mol. The fourth-order valence-electron chi connectivity index (χ4n) is 4.11. The van der Waals surface area contributed by atoms with Gasteiger partial charge >= 0.3 is 0 Å². The number of aryl methyl sites for hydroxylation is 2. The maximum atomic E-state index is 14.2. The number of rotatable bonds is 6. The van der Waals surface area contributed by atoms with Crippen molar-refractivity contribution in [2.75, 3.05) is 6.54 Å². The number of benzene rings is 1. The molecule has 1 saturated carbocycles. The van der Waals surface area contributed by atoms with E-state index in [0.29, 0.717) is 28.8 Å². The van der Waals surface area contributed by atoms with Gasteiger partial charge in [-0.2, -0.15) is 0 Å². The molecule has 1 aliphatic rings. The van der Waals surface area contributed by atoms with Crippen LogP contribution in [0.5, 0.6) is 0 Å². The summed E-state index contributed by atoms with van der Waals surface area (Å²) in [7, 11) is 0. The summed E-state index contributed by atoms with van der Waals surface area (Å²) in [4.78, 5) is 41.6. The lowest BCUT2D eigenvalue weighted by molar-refractivity contribution is -0.128. The highest BCUT2D eigenvalue weighted by Gasteiger charge is 2.43. The Morgan fingerprint density at radius 3 is 2.48 bits per heavy atom. The van der Waals surface area contributed by atoms with Gasteiger partial charge in [-0.1, -0.05) is 12.2 Å². The van der Waals surface area contributed by atoms with Crippen molar-refractivity contribution < 1.29 is 23.2 Å². The minimum atomic E-state index is -0.937. The number of aromatic nitrogens is 1. The zero-order chi connectivity index (χ0) is 22.7. The van der Waals surface area contributed by atoms with Gasteiger partial charge in [0.15, 0.2) is 11.6 Å². The molecule has 7 heteroatoms. The molecule has 1 fully saturated rings. The second kappa shape index (κ2) is 9.29. The van der Waals surface area contributed by atoms with Crippen LogP contribution in [0.1, 0.15) is 42.4 Å². The highest BCUT2D eigenvalue weighted by Crippen LogP contribution is 2.38. The van der Waals surface area contributed by atoms with E-state index in [1.165, 1.54) is 0 Å². The van der Waals surface area contributed by atoms with Gasteiger partial charge in [-0.15, -0.1) is 0 Å². The van der Waals surface area contributed by atoms with Gasteiger partial charge < -0.3 is 5.32 Å². The number of amides is 1. The molecule has 0 aliphatic heterocycles. The summed E-state index contributed by atoms with van der Waals surface area (Å²) in [5.41, 5.74) is 2.31. The molecule has 1 amide bonds. The molecule has 2 unspecified atom stereocenters. The number of ketones is 2. The molecule has 1 aromatic carbocycles. The van der Waals surface area contributed by atoms with Crippen LogP contribution in [0.2, 0.25) is 0 Å². The van der Waals surface area contributed by atoms with E-state index in [1.54, 1.807) is 32.1 Å². The fraction of sp³-hybridized carbons (Fsp3) is 0.333. The first-order valence-electron chi connectivity index (χ1n) is 10.1. The standard InChI is InChI=1S/C24H24F2N2O3/c1-4-5-6-27-20(30)10-16-9-19(29)22(24(16)31)21-13(2)7-15(8-14(21)3)23-18(26)11-17(25)12-28-23/h4-5,7-8,11-12,16,22H,6,9-10H2,1-3H3,(H,27,30)/b5-4+. The summed E-state index contributed by atoms with van der Waals surface area (Å²) < 4.78 is 27.3. The topological polar surface area (TPSA) is 76.1 Å². The average Bonchev–Trinajstić information content (AvgIpc) is 2.95. The molecule has 2 aromatic rings. The van der Waals surface area contributed by atoms with E-state index in [9.17, 15) is 23.2 Å². The highest BCUT2D eigenvalue weighted by atomic mass is 19.1. The number of nitrogens with zero attached hydrogens (tertiary/aromatic N) is 1. The first-order valence-corrected chi connectivity index (χ1v) is 10.1. The lowest BCUT2D eigenvalue weighted by Crippen LogP contribution is -2.27. The first kappa shape index (κ1) is 22.5. The number of allylic oxidation sites excluding steroid dienone is 1. The van der Waals surface area contributed by atoms with Crippen LogP contribution < -0.4 is 5.32 Å². The predicted octanol–water partition coefficient (Wildman–Crippen LogP) is 3.97. The van der Waals surface area contributed by atoms with Gasteiger partial charge in [-0.3, -0.25) is 19.4 Å². The fourth-order valence-corrected chi connectivity index (χ4v) is 4.11. The summed E-state index contributed by atoms with van der Waals surface area (Å²) in [6, 6.07) is 4.05. The molecule has 3 rings (SSSR count). The normalized spacial score (nSPS) is 18.7. The zero-order valence-corrected chi connectivity index (χ0v) is 17.7. The van der Waals surface area contributed by atoms with Gasteiger partial charge in [0.05, 0.1) is 6.20 Å². The molecule has 0 saturated heterocycles. The van der Waals surface area contributed by atoms with Crippen LogP contribution in [0.4, 0.5) is 8.78 Å². The van der Waals surface area contributed by atoms with Crippen LogP contribution in [0.15, 0.2) is 36.5 Å². The summed E-state index contributed by atoms with van der Waals surface area (Å²) in [6.07, 6.45) is 4.53. The molecule has 1 heterocycles. The van der Waals surface area contributed by atoms with Crippen LogP contribution >= 0.6 is 0 Å². The molecule has 1 aromatic heterocycles. The second-order valence-electron chi connectivity index (χ2n) is 7.79. The van der Waals surface area contributed by atoms with E-state index in [1.807, 2.05) is 13.0 Å². The third kappa shape index (κ3) is 4.76. The van der Waals surface area contributed by atoms with Gasteiger partial charge in [0.1, 0.15) is 23.2 Å². The van der Waals surface area contributed by atoms with E-state index < -0.39 is 23.5 Å². The Balaban J connectivity index is 1.86. The van der Waals surface area contributed by atoms with Crippen LogP contribution in [-0.2, 0) is 14.4 Å². The molecule has 0 spiro atoms. The van der Waals surface area contributed by atoms with Crippen molar-refractivity contribution in [1.29, 1.82) is 0 Å². The Hall–Kier alpha value is -3.22. The highest BCUT2D eigenvalue weighted by molar-refractivity contribution is 6.15. The molecule has 0 bridgehead atoms. The van der Waals surface area contributed by atoms with Gasteiger partial charge in [0, 0.05) is 36.9 Å². The maximum absolute atomic E-state index is 14.2. The molecule has 0 radical (unpaired) electrons. The third-order valence-corrected chi connectivity index (χ3v) is 5.50. The summed E-state index contributed by atoms with van der Waals surface area (Å²) in [5, 5.41) is 2.70. The molecule has 2 atom stereocenters. The molecule has 31 heavy (non-hydrogen) atoms. The molecule has 1 N–H and O–H groups in total. The smallest absolute Gasteiger partial charge is 0.220 e. The lowest BCUT2D eigenvalue weighted by Gasteiger charge is -2.17. The van der Waals surface area contributed by atoms with Crippen molar-refractivity contribution >= 4 is 17.5 Å². The lowest BCUT2D eigenvalue weighted by atomic mass is 9.85. The van der Waals surface area contributed by atoms with Gasteiger partial charge in [0.2, 0.25) is 5.91 Å². The Bertz CT molecular complexity index is 1060. The Kier molecular flexibility index (Phi) is 6.73. The first-order chi connectivity index (χ1) is 14.7. The van der Waals surface area contributed by atoms with E-state index in [-0.39, 0.29) is 36.0 Å². The minimum absolute atomic E-state index is 0.00102. The van der Waals surface area contributed by atoms with Crippen molar-refractivity contribution in [3.8, 4) is 11.3 Å². The van der Waals surface area contributed by atoms with Crippen molar-refractivity contribution in [1.82, 2.24) is 10.3 Å². The third-order valence-electron chi connectivity index (χ3n) is 5.50. The van der Waals surface area contributed by atoms with Gasteiger partial charge in [-0.25, -0.2) is 8.78 Å². The van der Waals surface area contributed by atoms with Crippen molar-refractivity contribution in [3.05, 3.63) is 64.9 Å². The van der Waals surface area contributed by atoms with Gasteiger partial charge in [-0.05, 0) is 49.6 Å². The number of hydrogen-bond donors (Lipinski definition) is 1. The van der Waals surface area contributed by atoms with Crippen LogP contribution in [0, 0.1) is 31.4 Å². The Morgan fingerprint density at radius 2 is 1.87 bits per heavy atom. The average molecular weight is 426 g/mol. The van der Waals surface area contributed by atoms with Crippen LogP contribution in [0.3, 0.4) is 0 Å². The maximum Gasteiger partial charge on any atom is 0.220 e. The number of nitrogens with one attached hydrogen (secondary N) is 1. The quantitative estimate of drug-likeness (QED) is 0.560. The molecule has 5 nitrogen and oxygen atoms in total. The predicted molar refractivity (Wildman–Crippen MR) is 112 cm³/mol. The molecular formula is C24H24F2N2O3. The number of Topliss-reactive ketones (excluding diaryl/α,β-unsaturated/α-hetero) is 2. The van der Waals surface area contributed by atoms with E-state index in [4.69, 9.17) is 0 Å². The van der Waals surface area contributed by atoms with Crippen LogP contribution in [0.25, 0.3) is 11.3 Å². The Morgan fingerprint density at radius 1 is 1.19 bits per heavy atom. The van der Waals surface area contributed by atoms with E-state index in [2.05, 4.69) is 10.3 Å². The summed E-state index contributed by atoms with van der Waals surface area (Å²) in [6.45, 7) is 5.70. The van der Waals surface area contributed by atoms with Gasteiger partial charge in [0.25, 0.3) is 0 Å². The van der Waals surface area contributed by atoms with Crippen molar-refractivity contribution in [3.63, 3.8) is 0 Å². The second-order valence-corrected chi connectivity index (χ2v) is 7.79. The Labute approximate surface area is 179 Å². The number of carbonyl (C=O) groups is 3. The largest absolute Gasteiger partial charge is 0.353 e. The van der Waals surface area contributed by atoms with E-state index >= 15 is 0 Å². The number of pyridine rings is 1. The van der Waals surface area contributed by atoms with E-state index in [0.717, 1.165) is 12.3 Å². The number of hydrogen-bond acceptors (Lipinski definition) is 4. The number of halogens is 2. The monoisotopic (exact) mass is 426 g/mol. The number of carbonyl (C=O) groups excluding carboxylic acids is 3. The zero-order valence-electron chi connectivity index (χ0n) is 17.7. The minimum Gasteiger partial charge on any atom is -0.353 e.